The Bertz CT molecular complexity index is 1260. The Morgan fingerprint density at radius 1 is 0.300 bits per heavy atom. The molecule has 0 fully saturated rings. The minimum Gasteiger partial charge on any atom is -0.462 e. The van der Waals surface area contributed by atoms with E-state index in [0.717, 1.165) is 109 Å². The second-order valence-electron chi connectivity index (χ2n) is 20.2. The molecule has 0 heterocycles. The largest absolute Gasteiger partial charge is 0.462 e. The Balaban J connectivity index is 4.36. The maximum Gasteiger partial charge on any atom is 0.306 e. The molecule has 0 radical (unpaired) electrons. The van der Waals surface area contributed by atoms with Crippen molar-refractivity contribution in [3.8, 4) is 0 Å². The van der Waals surface area contributed by atoms with Gasteiger partial charge in [0.2, 0.25) is 0 Å². The molecule has 70 heavy (non-hydrogen) atoms. The third-order valence-corrected chi connectivity index (χ3v) is 13.3. The van der Waals surface area contributed by atoms with Crippen LogP contribution in [0.3, 0.4) is 0 Å². The molecule has 6 nitrogen and oxygen atoms in total. The van der Waals surface area contributed by atoms with Gasteiger partial charge in [-0.25, -0.2) is 0 Å². The number of carbonyl (C=O) groups is 3. The third kappa shape index (κ3) is 56.0. The number of hydrogen-bond acceptors (Lipinski definition) is 6. The standard InChI is InChI=1S/C64H114O6/c1-4-7-10-13-16-19-22-25-28-30-31-32-34-36-39-42-45-48-51-54-57-63(66)69-60-61(59-68-62(65)56-53-50-47-44-41-38-35-27-24-21-18-15-12-9-6-3)70-64(67)58-55-52-49-46-43-40-37-33-29-26-23-20-17-14-11-8-5-2/h9,12,17-18,20-21,26-27,29,35,61H,4-8,10-11,13-16,19,22-25,28,30-34,36-60H2,1-3H3/b12-9-,20-17-,21-18-,29-26-,35-27-. The summed E-state index contributed by atoms with van der Waals surface area (Å²) in [6, 6.07) is 0. The number of carbonyl (C=O) groups excluding carboxylic acids is 3. The van der Waals surface area contributed by atoms with Crippen molar-refractivity contribution in [2.24, 2.45) is 0 Å². The average Bonchev–Trinajstić information content (AvgIpc) is 3.36. The Labute approximate surface area is 434 Å². The summed E-state index contributed by atoms with van der Waals surface area (Å²) in [6.45, 7) is 6.52. The first kappa shape index (κ1) is 67.1. The van der Waals surface area contributed by atoms with Crippen molar-refractivity contribution in [1.82, 2.24) is 0 Å². The fourth-order valence-corrected chi connectivity index (χ4v) is 8.72. The van der Waals surface area contributed by atoms with Gasteiger partial charge in [0.15, 0.2) is 6.10 Å². The normalized spacial score (nSPS) is 12.4. The summed E-state index contributed by atoms with van der Waals surface area (Å²) in [6.07, 6.45) is 73.6. The Morgan fingerprint density at radius 3 is 0.900 bits per heavy atom. The topological polar surface area (TPSA) is 78.9 Å². The molecule has 0 aliphatic carbocycles. The monoisotopic (exact) mass is 979 g/mol. The highest BCUT2D eigenvalue weighted by molar-refractivity contribution is 5.71. The van der Waals surface area contributed by atoms with Gasteiger partial charge in [-0.15, -0.1) is 0 Å². The number of ether oxygens (including phenoxy) is 3. The minimum atomic E-state index is -0.785. The van der Waals surface area contributed by atoms with Gasteiger partial charge < -0.3 is 14.2 Å². The zero-order valence-electron chi connectivity index (χ0n) is 46.5. The summed E-state index contributed by atoms with van der Waals surface area (Å²) < 4.78 is 16.9. The van der Waals surface area contributed by atoms with Crippen molar-refractivity contribution in [1.29, 1.82) is 0 Å². The summed E-state index contributed by atoms with van der Waals surface area (Å²) in [5, 5.41) is 0. The Hall–Kier alpha value is -2.89. The van der Waals surface area contributed by atoms with E-state index in [-0.39, 0.29) is 31.1 Å². The van der Waals surface area contributed by atoms with E-state index < -0.39 is 6.10 Å². The summed E-state index contributed by atoms with van der Waals surface area (Å²) in [5.41, 5.74) is 0. The molecule has 0 bridgehead atoms. The van der Waals surface area contributed by atoms with Crippen molar-refractivity contribution in [2.45, 2.75) is 316 Å². The molecule has 0 aliphatic heterocycles. The van der Waals surface area contributed by atoms with Crippen molar-refractivity contribution >= 4 is 17.9 Å². The predicted octanol–water partition coefficient (Wildman–Crippen LogP) is 20.4. The molecule has 0 amide bonds. The summed E-state index contributed by atoms with van der Waals surface area (Å²) in [7, 11) is 0. The molecule has 0 aromatic carbocycles. The van der Waals surface area contributed by atoms with Crippen LogP contribution in [0.5, 0.6) is 0 Å². The van der Waals surface area contributed by atoms with Crippen LogP contribution in [0.4, 0.5) is 0 Å². The maximum absolute atomic E-state index is 12.9. The molecular formula is C64H114O6. The van der Waals surface area contributed by atoms with Gasteiger partial charge in [-0.05, 0) is 83.5 Å². The van der Waals surface area contributed by atoms with Gasteiger partial charge in [0.05, 0.1) is 0 Å². The van der Waals surface area contributed by atoms with Gasteiger partial charge in [0.1, 0.15) is 13.2 Å². The van der Waals surface area contributed by atoms with Crippen LogP contribution in [-0.4, -0.2) is 37.2 Å². The van der Waals surface area contributed by atoms with Crippen LogP contribution < -0.4 is 0 Å². The number of unbranched alkanes of at least 4 members (excludes halogenated alkanes) is 34. The number of allylic oxidation sites excluding steroid dienone is 10. The van der Waals surface area contributed by atoms with Crippen LogP contribution in [0.25, 0.3) is 0 Å². The fraction of sp³-hybridized carbons (Fsp3) is 0.797. The van der Waals surface area contributed by atoms with Crippen LogP contribution in [-0.2, 0) is 28.6 Å². The first-order valence-electron chi connectivity index (χ1n) is 30.3. The van der Waals surface area contributed by atoms with E-state index in [9.17, 15) is 14.4 Å². The number of esters is 3. The highest BCUT2D eigenvalue weighted by atomic mass is 16.6. The van der Waals surface area contributed by atoms with Gasteiger partial charge in [-0.2, -0.15) is 0 Å². The van der Waals surface area contributed by atoms with Gasteiger partial charge in [0, 0.05) is 19.3 Å². The van der Waals surface area contributed by atoms with E-state index in [1.54, 1.807) is 0 Å². The van der Waals surface area contributed by atoms with E-state index in [2.05, 4.69) is 81.5 Å². The molecule has 0 rings (SSSR count). The van der Waals surface area contributed by atoms with Gasteiger partial charge in [-0.1, -0.05) is 268 Å². The predicted molar refractivity (Wildman–Crippen MR) is 302 cm³/mol. The molecule has 0 saturated heterocycles. The smallest absolute Gasteiger partial charge is 0.306 e. The highest BCUT2D eigenvalue weighted by Gasteiger charge is 2.19. The second kappa shape index (κ2) is 58.7. The summed E-state index contributed by atoms with van der Waals surface area (Å²) >= 11 is 0. The molecule has 0 saturated carbocycles. The molecule has 0 aromatic rings. The maximum atomic E-state index is 12.9. The van der Waals surface area contributed by atoms with Crippen LogP contribution in [0.15, 0.2) is 60.8 Å². The molecular weight excluding hydrogens is 865 g/mol. The lowest BCUT2D eigenvalue weighted by Gasteiger charge is -2.18. The van der Waals surface area contributed by atoms with E-state index in [4.69, 9.17) is 14.2 Å². The van der Waals surface area contributed by atoms with E-state index in [1.165, 1.54) is 161 Å². The van der Waals surface area contributed by atoms with Crippen LogP contribution >= 0.6 is 0 Å². The zero-order valence-corrected chi connectivity index (χ0v) is 46.5. The first-order chi connectivity index (χ1) is 34.5. The SMILES string of the molecule is CC/C=C\C/C=C\C/C=C\CCCCCCCC(=O)OCC(COC(=O)CCCCCCCCCCCCCCCCCCCCCC)OC(=O)CCCCCCCCC/C=C\C/C=C\CCCCC. The lowest BCUT2D eigenvalue weighted by molar-refractivity contribution is -0.167. The highest BCUT2D eigenvalue weighted by Crippen LogP contribution is 2.17. The second-order valence-corrected chi connectivity index (χ2v) is 20.2. The molecule has 0 aliphatic rings. The van der Waals surface area contributed by atoms with Crippen molar-refractivity contribution < 1.29 is 28.6 Å². The molecule has 1 unspecified atom stereocenters. The van der Waals surface area contributed by atoms with Crippen LogP contribution in [0.1, 0.15) is 310 Å². The minimum absolute atomic E-state index is 0.0803. The average molecular weight is 980 g/mol. The zero-order chi connectivity index (χ0) is 50.7. The molecule has 0 N–H and O–H groups in total. The summed E-state index contributed by atoms with van der Waals surface area (Å²) in [4.78, 5) is 38.2. The first-order valence-corrected chi connectivity index (χ1v) is 30.3. The Kier molecular flexibility index (Phi) is 56.3. The Morgan fingerprint density at radius 2 is 0.557 bits per heavy atom. The fourth-order valence-electron chi connectivity index (χ4n) is 8.72. The number of rotatable bonds is 55. The molecule has 1 atom stereocenters. The van der Waals surface area contributed by atoms with Gasteiger partial charge in [0.25, 0.3) is 0 Å². The lowest BCUT2D eigenvalue weighted by atomic mass is 10.0. The van der Waals surface area contributed by atoms with E-state index >= 15 is 0 Å². The van der Waals surface area contributed by atoms with Crippen molar-refractivity contribution in [2.75, 3.05) is 13.2 Å². The van der Waals surface area contributed by atoms with Crippen LogP contribution in [0.2, 0.25) is 0 Å². The molecule has 6 heteroatoms. The van der Waals surface area contributed by atoms with Crippen molar-refractivity contribution in [3.63, 3.8) is 0 Å². The van der Waals surface area contributed by atoms with Gasteiger partial charge >= 0.3 is 17.9 Å². The van der Waals surface area contributed by atoms with Crippen LogP contribution in [0, 0.1) is 0 Å². The molecule has 0 spiro atoms. The number of hydrogen-bond donors (Lipinski definition) is 0. The molecule has 406 valence electrons. The quantitative estimate of drug-likeness (QED) is 0.0261. The van der Waals surface area contributed by atoms with E-state index in [0.29, 0.717) is 19.3 Å². The van der Waals surface area contributed by atoms with Crippen molar-refractivity contribution in [3.05, 3.63) is 60.8 Å². The lowest BCUT2D eigenvalue weighted by Crippen LogP contribution is -2.30. The van der Waals surface area contributed by atoms with E-state index in [1.807, 2.05) is 0 Å². The third-order valence-electron chi connectivity index (χ3n) is 13.3. The summed E-state index contributed by atoms with van der Waals surface area (Å²) in [5.74, 6) is -0.891. The van der Waals surface area contributed by atoms with Gasteiger partial charge in [-0.3, -0.25) is 14.4 Å². The molecule has 0 aromatic heterocycles.